The molecule has 1 saturated carbocycles. The maximum absolute atomic E-state index is 6.10. The molecular weight excluding hydrogens is 228 g/mol. The number of nitrogens with two attached hydrogens (primary N) is 1. The normalized spacial score (nSPS) is 18.3. The predicted molar refractivity (Wildman–Crippen MR) is 72.5 cm³/mol. The lowest BCUT2D eigenvalue weighted by Gasteiger charge is -2.32. The zero-order chi connectivity index (χ0) is 12.5. The minimum Gasteiger partial charge on any atom is -0.486 e. The highest BCUT2D eigenvalue weighted by Gasteiger charge is 2.22. The summed E-state index contributed by atoms with van der Waals surface area (Å²) in [6.45, 7) is 2.29. The fourth-order valence-electron chi connectivity index (χ4n) is 2.59. The summed E-state index contributed by atoms with van der Waals surface area (Å²) in [5, 5.41) is 0. The molecule has 2 aliphatic rings. The van der Waals surface area contributed by atoms with E-state index in [0.29, 0.717) is 13.2 Å². The first-order valence-corrected chi connectivity index (χ1v) is 6.64. The molecule has 0 radical (unpaired) electrons. The van der Waals surface area contributed by atoms with Gasteiger partial charge >= 0.3 is 0 Å². The molecule has 0 saturated heterocycles. The van der Waals surface area contributed by atoms with Crippen molar-refractivity contribution < 1.29 is 9.47 Å². The summed E-state index contributed by atoms with van der Waals surface area (Å²) in [6.07, 6.45) is 4.05. The van der Waals surface area contributed by atoms with Crippen molar-refractivity contribution in [1.82, 2.24) is 0 Å². The predicted octanol–water partition coefficient (Wildman–Crippen LogP) is 2.28. The molecule has 98 valence electrons. The largest absolute Gasteiger partial charge is 0.486 e. The summed E-state index contributed by atoms with van der Waals surface area (Å²) in [4.78, 5) is 2.23. The van der Waals surface area contributed by atoms with E-state index in [4.69, 9.17) is 15.2 Å². The van der Waals surface area contributed by atoms with Crippen molar-refractivity contribution in [3.63, 3.8) is 0 Å². The van der Waals surface area contributed by atoms with Gasteiger partial charge in [-0.2, -0.15) is 0 Å². The van der Waals surface area contributed by atoms with Crippen molar-refractivity contribution in [3.8, 4) is 11.5 Å². The van der Waals surface area contributed by atoms with Gasteiger partial charge in [0.2, 0.25) is 0 Å². The Balaban J connectivity index is 1.81. The fraction of sp³-hybridized carbons (Fsp3) is 0.571. The maximum Gasteiger partial charge on any atom is 0.163 e. The summed E-state index contributed by atoms with van der Waals surface area (Å²) in [6, 6.07) is 3.88. The molecule has 3 rings (SSSR count). The lowest BCUT2D eigenvalue weighted by atomic mass is 9.85. The molecule has 1 fully saturated rings. The second kappa shape index (κ2) is 4.59. The third-order valence-electron chi connectivity index (χ3n) is 3.86. The van der Waals surface area contributed by atoms with Crippen LogP contribution in [0.3, 0.4) is 0 Å². The molecule has 0 amide bonds. The molecule has 4 heteroatoms. The van der Waals surface area contributed by atoms with Crippen molar-refractivity contribution in [1.29, 1.82) is 0 Å². The Morgan fingerprint density at radius 2 is 1.89 bits per heavy atom. The van der Waals surface area contributed by atoms with Crippen LogP contribution in [0.4, 0.5) is 11.4 Å². The standard InChI is InChI=1S/C14H20N2O2/c1-16(9-10-3-2-4-10)12-8-14-13(7-11(12)15)17-5-6-18-14/h7-8,10H,2-6,9,15H2,1H3. The van der Waals surface area contributed by atoms with Gasteiger partial charge < -0.3 is 20.1 Å². The van der Waals surface area contributed by atoms with Crippen LogP contribution in [0.25, 0.3) is 0 Å². The van der Waals surface area contributed by atoms with Gasteiger partial charge in [-0.3, -0.25) is 0 Å². The fourth-order valence-corrected chi connectivity index (χ4v) is 2.59. The molecule has 0 unspecified atom stereocenters. The number of hydrogen-bond donors (Lipinski definition) is 1. The van der Waals surface area contributed by atoms with E-state index in [1.54, 1.807) is 0 Å². The molecule has 0 spiro atoms. The second-order valence-corrected chi connectivity index (χ2v) is 5.23. The van der Waals surface area contributed by atoms with E-state index in [1.165, 1.54) is 19.3 Å². The molecule has 4 nitrogen and oxygen atoms in total. The molecule has 0 atom stereocenters. The SMILES string of the molecule is CN(CC1CCC1)c1cc2c(cc1N)OCCO2. The van der Waals surface area contributed by atoms with E-state index in [0.717, 1.165) is 35.3 Å². The lowest BCUT2D eigenvalue weighted by molar-refractivity contribution is 0.172. The minimum absolute atomic E-state index is 0.601. The third-order valence-corrected chi connectivity index (χ3v) is 3.86. The van der Waals surface area contributed by atoms with Crippen molar-refractivity contribution >= 4 is 11.4 Å². The molecule has 1 aromatic carbocycles. The monoisotopic (exact) mass is 248 g/mol. The summed E-state index contributed by atoms with van der Waals surface area (Å²) in [7, 11) is 2.10. The first-order valence-electron chi connectivity index (χ1n) is 6.64. The molecule has 0 aromatic heterocycles. The zero-order valence-electron chi connectivity index (χ0n) is 10.8. The van der Waals surface area contributed by atoms with Gasteiger partial charge in [0.25, 0.3) is 0 Å². The van der Waals surface area contributed by atoms with Gasteiger partial charge in [0.1, 0.15) is 13.2 Å². The van der Waals surface area contributed by atoms with Crippen LogP contribution in [0, 0.1) is 5.92 Å². The Hall–Kier alpha value is -1.58. The summed E-state index contributed by atoms with van der Waals surface area (Å²) in [5.41, 5.74) is 7.92. The van der Waals surface area contributed by atoms with Crippen LogP contribution < -0.4 is 20.1 Å². The number of benzene rings is 1. The second-order valence-electron chi connectivity index (χ2n) is 5.23. The van der Waals surface area contributed by atoms with E-state index < -0.39 is 0 Å². The van der Waals surface area contributed by atoms with Crippen LogP contribution in [0.2, 0.25) is 0 Å². The van der Waals surface area contributed by atoms with E-state index in [1.807, 2.05) is 12.1 Å². The molecule has 1 heterocycles. The van der Waals surface area contributed by atoms with Gasteiger partial charge in [0.15, 0.2) is 11.5 Å². The molecule has 2 N–H and O–H groups in total. The summed E-state index contributed by atoms with van der Waals surface area (Å²) < 4.78 is 11.1. The Bertz CT molecular complexity index is 444. The highest BCUT2D eigenvalue weighted by molar-refractivity contribution is 5.73. The number of anilines is 2. The number of nitrogen functional groups attached to an aromatic ring is 1. The molecule has 18 heavy (non-hydrogen) atoms. The number of hydrogen-bond acceptors (Lipinski definition) is 4. The first-order chi connectivity index (χ1) is 8.74. The Morgan fingerprint density at radius 3 is 2.50 bits per heavy atom. The van der Waals surface area contributed by atoms with Crippen molar-refractivity contribution in [2.75, 3.05) is 37.4 Å². The summed E-state index contributed by atoms with van der Waals surface area (Å²) in [5.74, 6) is 2.40. The van der Waals surface area contributed by atoms with Gasteiger partial charge in [-0.05, 0) is 18.8 Å². The van der Waals surface area contributed by atoms with Crippen LogP contribution in [-0.4, -0.2) is 26.8 Å². The minimum atomic E-state index is 0.601. The van der Waals surface area contributed by atoms with Crippen LogP contribution >= 0.6 is 0 Å². The zero-order valence-corrected chi connectivity index (χ0v) is 10.8. The van der Waals surface area contributed by atoms with Crippen LogP contribution in [0.15, 0.2) is 12.1 Å². The Morgan fingerprint density at radius 1 is 1.22 bits per heavy atom. The lowest BCUT2D eigenvalue weighted by Crippen LogP contribution is -2.30. The van der Waals surface area contributed by atoms with Crippen LogP contribution in [0.1, 0.15) is 19.3 Å². The highest BCUT2D eigenvalue weighted by Crippen LogP contribution is 2.39. The molecule has 1 aromatic rings. The van der Waals surface area contributed by atoms with Gasteiger partial charge in [-0.1, -0.05) is 6.42 Å². The molecular formula is C14H20N2O2. The summed E-state index contributed by atoms with van der Waals surface area (Å²) >= 11 is 0. The average molecular weight is 248 g/mol. The molecule has 0 bridgehead atoms. The van der Waals surface area contributed by atoms with E-state index in [2.05, 4.69) is 11.9 Å². The van der Waals surface area contributed by atoms with Gasteiger partial charge in [0, 0.05) is 25.7 Å². The Labute approximate surface area is 108 Å². The number of ether oxygens (including phenoxy) is 2. The van der Waals surface area contributed by atoms with E-state index >= 15 is 0 Å². The van der Waals surface area contributed by atoms with Crippen molar-refractivity contribution in [2.45, 2.75) is 19.3 Å². The topological polar surface area (TPSA) is 47.7 Å². The first kappa shape index (κ1) is 11.5. The van der Waals surface area contributed by atoms with Gasteiger partial charge in [0.05, 0.1) is 11.4 Å². The van der Waals surface area contributed by atoms with Crippen LogP contribution in [0.5, 0.6) is 11.5 Å². The highest BCUT2D eigenvalue weighted by atomic mass is 16.6. The van der Waals surface area contributed by atoms with E-state index in [9.17, 15) is 0 Å². The van der Waals surface area contributed by atoms with Crippen molar-refractivity contribution in [3.05, 3.63) is 12.1 Å². The molecule has 1 aliphatic heterocycles. The quantitative estimate of drug-likeness (QED) is 0.834. The third kappa shape index (κ3) is 2.07. The van der Waals surface area contributed by atoms with Gasteiger partial charge in [-0.15, -0.1) is 0 Å². The average Bonchev–Trinajstić information content (AvgIpc) is 2.32. The smallest absolute Gasteiger partial charge is 0.163 e. The van der Waals surface area contributed by atoms with Crippen molar-refractivity contribution in [2.24, 2.45) is 5.92 Å². The number of rotatable bonds is 3. The molecule has 1 aliphatic carbocycles. The van der Waals surface area contributed by atoms with Crippen LogP contribution in [-0.2, 0) is 0 Å². The number of nitrogens with zero attached hydrogens (tertiary/aromatic N) is 1. The Kier molecular flexibility index (Phi) is 2.94. The van der Waals surface area contributed by atoms with Gasteiger partial charge in [-0.25, -0.2) is 0 Å². The maximum atomic E-state index is 6.10. The number of fused-ring (bicyclic) bond motifs is 1. The van der Waals surface area contributed by atoms with E-state index in [-0.39, 0.29) is 0 Å².